The summed E-state index contributed by atoms with van der Waals surface area (Å²) in [4.78, 5) is 23.2. The number of carbonyl (C=O) groups is 2. The predicted molar refractivity (Wildman–Crippen MR) is 94.7 cm³/mol. The number of amides is 2. The molecule has 0 fully saturated rings. The molecule has 0 aliphatic rings. The minimum atomic E-state index is -3.80. The molecule has 2 aromatic rings. The lowest BCUT2D eigenvalue weighted by Gasteiger charge is -2.08. The van der Waals surface area contributed by atoms with Crippen LogP contribution in [0.2, 0.25) is 0 Å². The first-order valence-corrected chi connectivity index (χ1v) is 9.17. The molecule has 0 saturated carbocycles. The third-order valence-electron chi connectivity index (χ3n) is 3.43. The highest BCUT2D eigenvalue weighted by Crippen LogP contribution is 2.11. The number of benzene rings is 2. The fourth-order valence-corrected chi connectivity index (χ4v) is 3.10. The molecule has 7 nitrogen and oxygen atoms in total. The van der Waals surface area contributed by atoms with Crippen molar-refractivity contribution >= 4 is 27.5 Å². The van der Waals surface area contributed by atoms with Crippen molar-refractivity contribution in [2.75, 3.05) is 18.9 Å². The average molecular weight is 379 g/mol. The predicted octanol–water partition coefficient (Wildman–Crippen LogP) is 1.49. The van der Waals surface area contributed by atoms with Crippen molar-refractivity contribution in [1.29, 1.82) is 0 Å². The monoisotopic (exact) mass is 379 g/mol. The summed E-state index contributed by atoms with van der Waals surface area (Å²) in [7, 11) is -2.29. The average Bonchev–Trinajstić information content (AvgIpc) is 2.62. The minimum absolute atomic E-state index is 0.0795. The van der Waals surface area contributed by atoms with Gasteiger partial charge in [-0.25, -0.2) is 17.5 Å². The summed E-state index contributed by atoms with van der Waals surface area (Å²) >= 11 is 0. The van der Waals surface area contributed by atoms with Gasteiger partial charge in [-0.1, -0.05) is 0 Å². The summed E-state index contributed by atoms with van der Waals surface area (Å²) in [5.41, 5.74) is 0.946. The topological polar surface area (TPSA) is 104 Å². The Kier molecular flexibility index (Phi) is 6.42. The Morgan fingerprint density at radius 2 is 1.62 bits per heavy atom. The van der Waals surface area contributed by atoms with E-state index in [2.05, 4.69) is 15.4 Å². The van der Waals surface area contributed by atoms with Gasteiger partial charge in [0.1, 0.15) is 5.82 Å². The van der Waals surface area contributed by atoms with Crippen molar-refractivity contribution in [1.82, 2.24) is 10.0 Å². The van der Waals surface area contributed by atoms with Gasteiger partial charge in [0.2, 0.25) is 15.9 Å². The van der Waals surface area contributed by atoms with Crippen LogP contribution in [0.25, 0.3) is 0 Å². The quantitative estimate of drug-likeness (QED) is 0.678. The summed E-state index contributed by atoms with van der Waals surface area (Å²) in [5.74, 6) is -1.16. The molecule has 0 spiro atoms. The van der Waals surface area contributed by atoms with Gasteiger partial charge in [0.05, 0.1) is 4.90 Å². The molecular formula is C17H18FN3O4S. The van der Waals surface area contributed by atoms with E-state index < -0.39 is 15.8 Å². The zero-order chi connectivity index (χ0) is 19.2. The number of hydrogen-bond acceptors (Lipinski definition) is 4. The Morgan fingerprint density at radius 1 is 1.00 bits per heavy atom. The van der Waals surface area contributed by atoms with Gasteiger partial charge in [-0.2, -0.15) is 0 Å². The van der Waals surface area contributed by atoms with Gasteiger partial charge in [0.15, 0.2) is 0 Å². The van der Waals surface area contributed by atoms with Crippen molar-refractivity contribution in [3.05, 3.63) is 59.9 Å². The largest absolute Gasteiger partial charge is 0.355 e. The molecule has 0 saturated heterocycles. The van der Waals surface area contributed by atoms with E-state index in [0.29, 0.717) is 11.3 Å². The molecule has 26 heavy (non-hydrogen) atoms. The molecule has 0 aromatic heterocycles. The van der Waals surface area contributed by atoms with E-state index >= 15 is 0 Å². The zero-order valence-electron chi connectivity index (χ0n) is 14.0. The SMILES string of the molecule is CNC(=O)c1ccc(NC(=O)CCNS(=O)(=O)c2ccc(F)cc2)cc1. The molecule has 9 heteroatoms. The Hall–Kier alpha value is -2.78. The van der Waals surface area contributed by atoms with Crippen molar-refractivity contribution in [3.8, 4) is 0 Å². The van der Waals surface area contributed by atoms with Crippen LogP contribution in [0.3, 0.4) is 0 Å². The fourth-order valence-electron chi connectivity index (χ4n) is 2.07. The molecule has 0 heterocycles. The van der Waals surface area contributed by atoms with E-state index in [4.69, 9.17) is 0 Å². The standard InChI is InChI=1S/C17H18FN3O4S/c1-19-17(23)12-2-6-14(7-3-12)21-16(22)10-11-20-26(24,25)15-8-4-13(18)5-9-15/h2-9,20H,10-11H2,1H3,(H,19,23)(H,21,22). The maximum absolute atomic E-state index is 12.8. The number of halogens is 1. The molecule has 0 unspecified atom stereocenters. The third-order valence-corrected chi connectivity index (χ3v) is 4.90. The van der Waals surface area contributed by atoms with Crippen molar-refractivity contribution in [2.24, 2.45) is 0 Å². The molecule has 3 N–H and O–H groups in total. The van der Waals surface area contributed by atoms with Crippen molar-refractivity contribution in [3.63, 3.8) is 0 Å². The van der Waals surface area contributed by atoms with E-state index in [1.54, 1.807) is 24.3 Å². The normalized spacial score (nSPS) is 11.0. The second-order valence-electron chi connectivity index (χ2n) is 5.31. The van der Waals surface area contributed by atoms with E-state index in [-0.39, 0.29) is 29.7 Å². The Labute approximate surface area is 150 Å². The molecule has 0 radical (unpaired) electrons. The second kappa shape index (κ2) is 8.54. The molecule has 0 aliphatic heterocycles. The first-order valence-electron chi connectivity index (χ1n) is 7.69. The Balaban J connectivity index is 1.85. The zero-order valence-corrected chi connectivity index (χ0v) is 14.8. The summed E-state index contributed by atoms with van der Waals surface area (Å²) in [6.07, 6.45) is -0.0857. The summed E-state index contributed by atoms with van der Waals surface area (Å²) < 4.78 is 39.1. The lowest BCUT2D eigenvalue weighted by atomic mass is 10.2. The van der Waals surface area contributed by atoms with Gasteiger partial charge in [0.25, 0.3) is 5.91 Å². The lowest BCUT2D eigenvalue weighted by Crippen LogP contribution is -2.27. The molecule has 0 aliphatic carbocycles. The summed E-state index contributed by atoms with van der Waals surface area (Å²) in [5, 5.41) is 5.09. The Morgan fingerprint density at radius 3 is 2.19 bits per heavy atom. The maximum Gasteiger partial charge on any atom is 0.251 e. The van der Waals surface area contributed by atoms with Crippen molar-refractivity contribution < 1.29 is 22.4 Å². The molecule has 0 bridgehead atoms. The minimum Gasteiger partial charge on any atom is -0.355 e. The van der Waals surface area contributed by atoms with Crippen LogP contribution < -0.4 is 15.4 Å². The van der Waals surface area contributed by atoms with Crippen LogP contribution in [0.15, 0.2) is 53.4 Å². The molecule has 2 amide bonds. The van der Waals surface area contributed by atoms with E-state index in [1.165, 1.54) is 7.05 Å². The van der Waals surface area contributed by atoms with Gasteiger partial charge in [-0.05, 0) is 48.5 Å². The summed E-state index contributed by atoms with van der Waals surface area (Å²) in [6, 6.07) is 10.7. The number of sulfonamides is 1. The molecule has 138 valence electrons. The van der Waals surface area contributed by atoms with Crippen LogP contribution in [0.1, 0.15) is 16.8 Å². The van der Waals surface area contributed by atoms with Crippen molar-refractivity contribution in [2.45, 2.75) is 11.3 Å². The Bertz CT molecular complexity index is 881. The van der Waals surface area contributed by atoms with Gasteiger partial charge >= 0.3 is 0 Å². The first kappa shape index (κ1) is 19.5. The van der Waals surface area contributed by atoms with Crippen LogP contribution in [0.5, 0.6) is 0 Å². The number of hydrogen-bond donors (Lipinski definition) is 3. The van der Waals surface area contributed by atoms with Gasteiger partial charge < -0.3 is 10.6 Å². The molecular weight excluding hydrogens is 361 g/mol. The van der Waals surface area contributed by atoms with Crippen LogP contribution in [-0.2, 0) is 14.8 Å². The highest BCUT2D eigenvalue weighted by atomic mass is 32.2. The van der Waals surface area contributed by atoms with Gasteiger partial charge in [-0.3, -0.25) is 9.59 Å². The number of nitrogens with one attached hydrogen (secondary N) is 3. The number of anilines is 1. The van der Waals surface area contributed by atoms with Crippen LogP contribution in [0, 0.1) is 5.82 Å². The maximum atomic E-state index is 12.8. The highest BCUT2D eigenvalue weighted by Gasteiger charge is 2.14. The lowest BCUT2D eigenvalue weighted by molar-refractivity contribution is -0.116. The van der Waals surface area contributed by atoms with Crippen LogP contribution in [-0.4, -0.2) is 33.8 Å². The van der Waals surface area contributed by atoms with E-state index in [0.717, 1.165) is 24.3 Å². The van der Waals surface area contributed by atoms with Crippen LogP contribution >= 0.6 is 0 Å². The third kappa shape index (κ3) is 5.36. The molecule has 0 atom stereocenters. The smallest absolute Gasteiger partial charge is 0.251 e. The number of rotatable bonds is 7. The van der Waals surface area contributed by atoms with Gasteiger partial charge in [-0.15, -0.1) is 0 Å². The molecule has 2 aromatic carbocycles. The second-order valence-corrected chi connectivity index (χ2v) is 7.07. The number of carbonyl (C=O) groups excluding carboxylic acids is 2. The fraction of sp³-hybridized carbons (Fsp3) is 0.176. The van der Waals surface area contributed by atoms with Crippen LogP contribution in [0.4, 0.5) is 10.1 Å². The molecule has 2 rings (SSSR count). The van der Waals surface area contributed by atoms with E-state index in [1.807, 2.05) is 0 Å². The van der Waals surface area contributed by atoms with E-state index in [9.17, 15) is 22.4 Å². The summed E-state index contributed by atoms with van der Waals surface area (Å²) in [6.45, 7) is -0.109. The first-order chi connectivity index (χ1) is 12.3. The van der Waals surface area contributed by atoms with Gasteiger partial charge in [0, 0.05) is 31.3 Å². The highest BCUT2D eigenvalue weighted by molar-refractivity contribution is 7.89.